The van der Waals surface area contributed by atoms with Crippen LogP contribution in [0.15, 0.2) is 24.3 Å². The molecule has 1 saturated heterocycles. The van der Waals surface area contributed by atoms with Gasteiger partial charge in [0, 0.05) is 25.2 Å². The SMILES string of the molecule is C[C@H](N)[C@H]1CCCN(C(=O)COc2cccc(F)c2)C1. The fraction of sp³-hybridized carbons (Fsp3) is 0.533. The van der Waals surface area contributed by atoms with E-state index in [1.165, 1.54) is 12.1 Å². The molecule has 2 atom stereocenters. The molecular weight excluding hydrogens is 259 g/mol. The predicted octanol–water partition coefficient (Wildman–Crippen LogP) is 1.79. The quantitative estimate of drug-likeness (QED) is 0.915. The molecule has 4 nitrogen and oxygen atoms in total. The predicted molar refractivity (Wildman–Crippen MR) is 74.8 cm³/mol. The molecule has 1 aromatic carbocycles. The van der Waals surface area contributed by atoms with E-state index in [1.807, 2.05) is 6.92 Å². The van der Waals surface area contributed by atoms with Crippen LogP contribution >= 0.6 is 0 Å². The summed E-state index contributed by atoms with van der Waals surface area (Å²) in [5, 5.41) is 0. The molecule has 0 aromatic heterocycles. The lowest BCUT2D eigenvalue weighted by Crippen LogP contribution is -2.46. The van der Waals surface area contributed by atoms with Gasteiger partial charge in [-0.15, -0.1) is 0 Å². The van der Waals surface area contributed by atoms with E-state index in [-0.39, 0.29) is 24.4 Å². The maximum Gasteiger partial charge on any atom is 0.260 e. The second-order valence-corrected chi connectivity index (χ2v) is 5.35. The fourth-order valence-corrected chi connectivity index (χ4v) is 2.46. The maximum absolute atomic E-state index is 13.0. The van der Waals surface area contributed by atoms with E-state index in [0.29, 0.717) is 18.2 Å². The molecule has 1 aromatic rings. The van der Waals surface area contributed by atoms with Crippen LogP contribution in [0, 0.1) is 11.7 Å². The summed E-state index contributed by atoms with van der Waals surface area (Å²) in [6.45, 7) is 3.34. The van der Waals surface area contributed by atoms with E-state index >= 15 is 0 Å². The van der Waals surface area contributed by atoms with Crippen LogP contribution in [0.4, 0.5) is 4.39 Å². The van der Waals surface area contributed by atoms with Crippen molar-refractivity contribution in [2.75, 3.05) is 19.7 Å². The summed E-state index contributed by atoms with van der Waals surface area (Å²) < 4.78 is 18.3. The summed E-state index contributed by atoms with van der Waals surface area (Å²) in [4.78, 5) is 13.9. The number of nitrogens with zero attached hydrogens (tertiary/aromatic N) is 1. The lowest BCUT2D eigenvalue weighted by molar-refractivity contribution is -0.135. The van der Waals surface area contributed by atoms with Crippen LogP contribution in [0.3, 0.4) is 0 Å². The number of likely N-dealkylation sites (tertiary alicyclic amines) is 1. The number of carbonyl (C=O) groups is 1. The monoisotopic (exact) mass is 280 g/mol. The maximum atomic E-state index is 13.0. The Morgan fingerprint density at radius 1 is 1.60 bits per heavy atom. The summed E-state index contributed by atoms with van der Waals surface area (Å²) in [6, 6.07) is 5.90. The first-order valence-corrected chi connectivity index (χ1v) is 6.98. The van der Waals surface area contributed by atoms with Crippen molar-refractivity contribution >= 4 is 5.91 Å². The number of carbonyl (C=O) groups excluding carboxylic acids is 1. The molecule has 5 heteroatoms. The standard InChI is InChI=1S/C15H21FN2O2/c1-11(17)12-4-3-7-18(9-12)15(19)10-20-14-6-2-5-13(16)8-14/h2,5-6,8,11-12H,3-4,7,9-10,17H2,1H3/t11-,12-/m0/s1. The first-order chi connectivity index (χ1) is 9.56. The normalized spacial score (nSPS) is 20.6. The summed E-state index contributed by atoms with van der Waals surface area (Å²) in [5.74, 6) is 0.283. The highest BCUT2D eigenvalue weighted by Gasteiger charge is 2.25. The Hall–Kier alpha value is -1.62. The number of amides is 1. The van der Waals surface area contributed by atoms with Crippen molar-refractivity contribution < 1.29 is 13.9 Å². The molecule has 1 heterocycles. The Morgan fingerprint density at radius 2 is 2.40 bits per heavy atom. The van der Waals surface area contributed by atoms with Crippen molar-refractivity contribution in [2.45, 2.75) is 25.8 Å². The van der Waals surface area contributed by atoms with E-state index in [0.717, 1.165) is 19.4 Å². The minimum absolute atomic E-state index is 0.0604. The van der Waals surface area contributed by atoms with Gasteiger partial charge in [0.1, 0.15) is 11.6 Å². The van der Waals surface area contributed by atoms with Crippen molar-refractivity contribution in [1.29, 1.82) is 0 Å². The zero-order valence-corrected chi connectivity index (χ0v) is 11.7. The van der Waals surface area contributed by atoms with Gasteiger partial charge in [0.15, 0.2) is 6.61 Å². The number of hydrogen-bond donors (Lipinski definition) is 1. The lowest BCUT2D eigenvalue weighted by Gasteiger charge is -2.34. The highest BCUT2D eigenvalue weighted by molar-refractivity contribution is 5.77. The molecule has 2 rings (SSSR count). The van der Waals surface area contributed by atoms with Crippen molar-refractivity contribution in [3.8, 4) is 5.75 Å². The molecule has 1 aliphatic heterocycles. The second-order valence-electron chi connectivity index (χ2n) is 5.35. The van der Waals surface area contributed by atoms with Gasteiger partial charge >= 0.3 is 0 Å². The number of hydrogen-bond acceptors (Lipinski definition) is 3. The van der Waals surface area contributed by atoms with Gasteiger partial charge in [-0.2, -0.15) is 0 Å². The third kappa shape index (κ3) is 3.93. The van der Waals surface area contributed by atoms with Gasteiger partial charge in [0.05, 0.1) is 0 Å². The smallest absolute Gasteiger partial charge is 0.260 e. The molecule has 2 N–H and O–H groups in total. The van der Waals surface area contributed by atoms with Crippen molar-refractivity contribution in [3.05, 3.63) is 30.1 Å². The molecular formula is C15H21FN2O2. The molecule has 1 fully saturated rings. The van der Waals surface area contributed by atoms with E-state index in [2.05, 4.69) is 0 Å². The number of benzene rings is 1. The average Bonchev–Trinajstić information content (AvgIpc) is 2.45. The lowest BCUT2D eigenvalue weighted by atomic mass is 9.92. The zero-order chi connectivity index (χ0) is 14.5. The van der Waals surface area contributed by atoms with Gasteiger partial charge < -0.3 is 15.4 Å². The summed E-state index contributed by atoms with van der Waals surface area (Å²) in [6.07, 6.45) is 2.03. The summed E-state index contributed by atoms with van der Waals surface area (Å²) in [7, 11) is 0. The van der Waals surface area contributed by atoms with E-state index in [9.17, 15) is 9.18 Å². The van der Waals surface area contributed by atoms with Crippen LogP contribution in [0.1, 0.15) is 19.8 Å². The molecule has 0 unspecified atom stereocenters. The first kappa shape index (κ1) is 14.8. The van der Waals surface area contributed by atoms with Crippen molar-refractivity contribution in [3.63, 3.8) is 0 Å². The number of halogens is 1. The summed E-state index contributed by atoms with van der Waals surface area (Å²) in [5.41, 5.74) is 5.90. The fourth-order valence-electron chi connectivity index (χ4n) is 2.46. The third-order valence-electron chi connectivity index (χ3n) is 3.71. The highest BCUT2D eigenvalue weighted by atomic mass is 19.1. The first-order valence-electron chi connectivity index (χ1n) is 6.98. The molecule has 0 bridgehead atoms. The summed E-state index contributed by atoms with van der Waals surface area (Å²) >= 11 is 0. The largest absolute Gasteiger partial charge is 0.484 e. The van der Waals surface area contributed by atoms with E-state index < -0.39 is 0 Å². The minimum Gasteiger partial charge on any atom is -0.484 e. The molecule has 0 radical (unpaired) electrons. The number of ether oxygens (including phenoxy) is 1. The molecule has 0 saturated carbocycles. The number of rotatable bonds is 4. The topological polar surface area (TPSA) is 55.6 Å². The Bertz CT molecular complexity index is 465. The van der Waals surface area contributed by atoms with Crippen LogP contribution in [0.5, 0.6) is 5.75 Å². The minimum atomic E-state index is -0.370. The zero-order valence-electron chi connectivity index (χ0n) is 11.7. The van der Waals surface area contributed by atoms with Gasteiger partial charge in [-0.3, -0.25) is 4.79 Å². The molecule has 1 amide bonds. The van der Waals surface area contributed by atoms with Gasteiger partial charge in [-0.1, -0.05) is 6.07 Å². The molecule has 1 aliphatic rings. The van der Waals surface area contributed by atoms with Crippen LogP contribution in [-0.4, -0.2) is 36.5 Å². The van der Waals surface area contributed by atoms with Gasteiger partial charge in [-0.05, 0) is 37.8 Å². The van der Waals surface area contributed by atoms with Crippen molar-refractivity contribution in [1.82, 2.24) is 4.90 Å². The van der Waals surface area contributed by atoms with Crippen LogP contribution in [0.2, 0.25) is 0 Å². The third-order valence-corrected chi connectivity index (χ3v) is 3.71. The Kier molecular flexibility index (Phi) is 4.95. The highest BCUT2D eigenvalue weighted by Crippen LogP contribution is 2.19. The average molecular weight is 280 g/mol. The van der Waals surface area contributed by atoms with Crippen molar-refractivity contribution in [2.24, 2.45) is 11.7 Å². The Balaban J connectivity index is 1.85. The van der Waals surface area contributed by atoms with Crippen LogP contribution < -0.4 is 10.5 Å². The Morgan fingerprint density at radius 3 is 3.10 bits per heavy atom. The van der Waals surface area contributed by atoms with E-state index in [4.69, 9.17) is 10.5 Å². The molecule has 20 heavy (non-hydrogen) atoms. The molecule has 0 spiro atoms. The number of piperidine rings is 1. The van der Waals surface area contributed by atoms with Crippen LogP contribution in [0.25, 0.3) is 0 Å². The second kappa shape index (κ2) is 6.70. The van der Waals surface area contributed by atoms with Gasteiger partial charge in [0.25, 0.3) is 5.91 Å². The van der Waals surface area contributed by atoms with Crippen LogP contribution in [-0.2, 0) is 4.79 Å². The molecule has 110 valence electrons. The van der Waals surface area contributed by atoms with Gasteiger partial charge in [0.2, 0.25) is 0 Å². The number of nitrogens with two attached hydrogens (primary N) is 1. The molecule has 0 aliphatic carbocycles. The Labute approximate surface area is 118 Å². The van der Waals surface area contributed by atoms with E-state index in [1.54, 1.807) is 17.0 Å². The van der Waals surface area contributed by atoms with Gasteiger partial charge in [-0.25, -0.2) is 4.39 Å².